The van der Waals surface area contributed by atoms with Crippen molar-refractivity contribution in [3.8, 4) is 11.5 Å². The molecule has 1 aliphatic heterocycles. The van der Waals surface area contributed by atoms with Crippen LogP contribution in [-0.2, 0) is 11.3 Å². The van der Waals surface area contributed by atoms with E-state index in [1.165, 1.54) is 11.3 Å². The van der Waals surface area contributed by atoms with Gasteiger partial charge in [0.05, 0.1) is 11.4 Å². The minimum Gasteiger partial charge on any atom is -0.454 e. The Balaban J connectivity index is 1.38. The van der Waals surface area contributed by atoms with Crippen LogP contribution < -0.4 is 25.4 Å². The molecule has 3 heterocycles. The number of pyridine rings is 1. The Labute approximate surface area is 249 Å². The van der Waals surface area contributed by atoms with Crippen LogP contribution in [0.3, 0.4) is 0 Å². The first-order valence-electron chi connectivity index (χ1n) is 13.4. The third kappa shape index (κ3) is 8.82. The highest BCUT2D eigenvalue weighted by molar-refractivity contribution is 7.09. The number of nitrogens with one attached hydrogen (secondary N) is 3. The van der Waals surface area contributed by atoms with Gasteiger partial charge in [0.15, 0.2) is 11.5 Å². The van der Waals surface area contributed by atoms with Gasteiger partial charge >= 0.3 is 12.1 Å². The first-order chi connectivity index (χ1) is 20.0. The second-order valence-electron chi connectivity index (χ2n) is 10.9. The quantitative estimate of drug-likeness (QED) is 0.281. The van der Waals surface area contributed by atoms with E-state index >= 15 is 0 Å². The molecule has 4 rings (SSSR count). The Morgan fingerprint density at radius 1 is 0.976 bits per heavy atom. The highest BCUT2D eigenvalue weighted by Gasteiger charge is 2.20. The number of fused-ring (bicyclic) bond motifs is 1. The fraction of sp³-hybridized carbons (Fsp3) is 0.379. The van der Waals surface area contributed by atoms with Crippen molar-refractivity contribution in [2.45, 2.75) is 39.3 Å². The number of carbonyl (C=O) groups excluding carboxylic acids is 3. The molecule has 13 heteroatoms. The van der Waals surface area contributed by atoms with Gasteiger partial charge in [-0.15, -0.1) is 11.3 Å². The van der Waals surface area contributed by atoms with E-state index in [9.17, 15) is 14.4 Å². The molecule has 12 nitrogen and oxygen atoms in total. The smallest absolute Gasteiger partial charge is 0.412 e. The summed E-state index contributed by atoms with van der Waals surface area (Å²) in [6.45, 7) is 7.10. The van der Waals surface area contributed by atoms with Gasteiger partial charge in [-0.3, -0.25) is 15.1 Å². The second kappa shape index (κ2) is 13.5. The summed E-state index contributed by atoms with van der Waals surface area (Å²) in [7, 11) is 3.97. The molecule has 0 aliphatic carbocycles. The number of carbonyl (C=O) groups is 3. The molecular weight excluding hydrogens is 560 g/mol. The van der Waals surface area contributed by atoms with Gasteiger partial charge in [-0.25, -0.2) is 9.59 Å². The van der Waals surface area contributed by atoms with E-state index in [0.717, 1.165) is 18.5 Å². The molecule has 0 saturated carbocycles. The molecule has 1 aliphatic rings. The molecule has 0 spiro atoms. The largest absolute Gasteiger partial charge is 0.454 e. The first-order valence-corrected chi connectivity index (χ1v) is 14.3. The molecule has 224 valence electrons. The molecule has 0 atom stereocenters. The zero-order valence-corrected chi connectivity index (χ0v) is 25.2. The van der Waals surface area contributed by atoms with Crippen molar-refractivity contribution in [2.75, 3.05) is 49.9 Å². The molecule has 2 aromatic heterocycles. The number of thiophene rings is 1. The van der Waals surface area contributed by atoms with Crippen LogP contribution in [0.5, 0.6) is 11.5 Å². The van der Waals surface area contributed by atoms with Crippen molar-refractivity contribution >= 4 is 46.4 Å². The molecule has 0 fully saturated rings. The maximum absolute atomic E-state index is 13.2. The summed E-state index contributed by atoms with van der Waals surface area (Å²) >= 11 is 1.32. The van der Waals surface area contributed by atoms with Crippen LogP contribution in [-0.4, -0.2) is 72.4 Å². The monoisotopic (exact) mass is 596 g/mol. The van der Waals surface area contributed by atoms with E-state index in [1.807, 2.05) is 14.1 Å². The summed E-state index contributed by atoms with van der Waals surface area (Å²) in [4.78, 5) is 46.4. The van der Waals surface area contributed by atoms with Crippen LogP contribution in [0.4, 0.5) is 26.7 Å². The Kier molecular flexibility index (Phi) is 9.86. The van der Waals surface area contributed by atoms with Crippen LogP contribution in [0.15, 0.2) is 47.3 Å². The Bertz CT molecular complexity index is 1400. The van der Waals surface area contributed by atoms with Crippen LogP contribution in [0.1, 0.15) is 43.2 Å². The van der Waals surface area contributed by atoms with Gasteiger partial charge in [-0.2, -0.15) is 0 Å². The number of aromatic nitrogens is 1. The summed E-state index contributed by atoms with van der Waals surface area (Å²) in [6.07, 6.45) is 1.74. The van der Waals surface area contributed by atoms with Gasteiger partial charge in [-0.05, 0) is 71.6 Å². The maximum atomic E-state index is 13.2. The number of anilines is 3. The zero-order valence-electron chi connectivity index (χ0n) is 24.4. The molecule has 42 heavy (non-hydrogen) atoms. The van der Waals surface area contributed by atoms with E-state index in [-0.39, 0.29) is 18.5 Å². The lowest BCUT2D eigenvalue weighted by molar-refractivity contribution is 0.0635. The maximum Gasteiger partial charge on any atom is 0.412 e. The van der Waals surface area contributed by atoms with Crippen molar-refractivity contribution < 1.29 is 28.6 Å². The predicted molar refractivity (Wildman–Crippen MR) is 162 cm³/mol. The number of ether oxygens (including phenoxy) is 3. The number of nitrogens with zero attached hydrogens (tertiary/aromatic N) is 3. The normalized spacial score (nSPS) is 12.1. The van der Waals surface area contributed by atoms with Crippen molar-refractivity contribution in [1.82, 2.24) is 14.8 Å². The molecule has 0 saturated heterocycles. The van der Waals surface area contributed by atoms with Crippen LogP contribution >= 0.6 is 11.3 Å². The van der Waals surface area contributed by atoms with Crippen LogP contribution in [0.2, 0.25) is 0 Å². The standard InChI is InChI=1S/C29H36N6O6S/c1-29(2,3)41-28(38)33-23-17-42-16-22(23)32-26(36)21-9-7-19(14-30-21)15-35(12-6-11-34(4)5)27(37)31-20-8-10-24-25(13-20)40-18-39-24/h7-10,13-14,16-17H,6,11-12,15,18H2,1-5H3,(H,31,37)(H,32,36)(H,33,38). The lowest BCUT2D eigenvalue weighted by Gasteiger charge is -2.24. The minimum atomic E-state index is -0.649. The summed E-state index contributed by atoms with van der Waals surface area (Å²) in [6, 6.07) is 8.36. The van der Waals surface area contributed by atoms with E-state index < -0.39 is 17.6 Å². The molecule has 3 N–H and O–H groups in total. The fourth-order valence-electron chi connectivity index (χ4n) is 3.97. The predicted octanol–water partition coefficient (Wildman–Crippen LogP) is 5.46. The van der Waals surface area contributed by atoms with Gasteiger partial charge < -0.3 is 34.6 Å². The average Bonchev–Trinajstić information content (AvgIpc) is 3.56. The number of hydrogen-bond acceptors (Lipinski definition) is 9. The molecule has 0 unspecified atom stereocenters. The number of urea groups is 1. The van der Waals surface area contributed by atoms with E-state index in [0.29, 0.717) is 41.7 Å². The summed E-state index contributed by atoms with van der Waals surface area (Å²) < 4.78 is 16.0. The highest BCUT2D eigenvalue weighted by Crippen LogP contribution is 2.34. The second-order valence-corrected chi connectivity index (χ2v) is 11.7. The highest BCUT2D eigenvalue weighted by atomic mass is 32.1. The zero-order chi connectivity index (χ0) is 30.3. The van der Waals surface area contributed by atoms with Gasteiger partial charge in [0.1, 0.15) is 11.3 Å². The Hall–Kier alpha value is -4.36. The number of amides is 4. The molecule has 3 aromatic rings. The minimum absolute atomic E-state index is 0.155. The Morgan fingerprint density at radius 2 is 1.71 bits per heavy atom. The number of rotatable bonds is 10. The van der Waals surface area contributed by atoms with Crippen molar-refractivity contribution in [1.29, 1.82) is 0 Å². The molecular formula is C29H36N6O6S. The third-order valence-corrected chi connectivity index (χ3v) is 6.66. The van der Waals surface area contributed by atoms with Crippen LogP contribution in [0, 0.1) is 0 Å². The number of hydrogen-bond donors (Lipinski definition) is 3. The average molecular weight is 597 g/mol. The molecule has 4 amide bonds. The van der Waals surface area contributed by atoms with Gasteiger partial charge in [0.2, 0.25) is 6.79 Å². The lowest BCUT2D eigenvalue weighted by Crippen LogP contribution is -2.36. The molecule has 0 bridgehead atoms. The summed E-state index contributed by atoms with van der Waals surface area (Å²) in [5.74, 6) is 0.788. The van der Waals surface area contributed by atoms with Gasteiger partial charge in [0, 0.05) is 41.8 Å². The third-order valence-electron chi connectivity index (χ3n) is 5.92. The summed E-state index contributed by atoms with van der Waals surface area (Å²) in [5.41, 5.74) is 1.78. The molecule has 1 aromatic carbocycles. The van der Waals surface area contributed by atoms with E-state index in [4.69, 9.17) is 14.2 Å². The van der Waals surface area contributed by atoms with Gasteiger partial charge in [-0.1, -0.05) is 6.07 Å². The SMILES string of the molecule is CN(C)CCCN(Cc1ccc(C(=O)Nc2cscc2NC(=O)OC(C)(C)C)nc1)C(=O)Nc1ccc2c(c1)OCO2. The molecule has 0 radical (unpaired) electrons. The van der Waals surface area contributed by atoms with Crippen molar-refractivity contribution in [2.24, 2.45) is 0 Å². The Morgan fingerprint density at radius 3 is 2.40 bits per heavy atom. The first kappa shape index (κ1) is 30.6. The fourth-order valence-corrected chi connectivity index (χ4v) is 4.68. The lowest BCUT2D eigenvalue weighted by atomic mass is 10.2. The van der Waals surface area contributed by atoms with Crippen LogP contribution in [0.25, 0.3) is 0 Å². The van der Waals surface area contributed by atoms with Gasteiger partial charge in [0.25, 0.3) is 5.91 Å². The topological polar surface area (TPSA) is 134 Å². The van der Waals surface area contributed by atoms with E-state index in [1.54, 1.807) is 73.0 Å². The van der Waals surface area contributed by atoms with Crippen molar-refractivity contribution in [3.63, 3.8) is 0 Å². The number of benzene rings is 1. The van der Waals surface area contributed by atoms with Crippen molar-refractivity contribution in [3.05, 3.63) is 58.5 Å². The summed E-state index contributed by atoms with van der Waals surface area (Å²) in [5, 5.41) is 11.8. The van der Waals surface area contributed by atoms with E-state index in [2.05, 4.69) is 25.8 Å².